The van der Waals surface area contributed by atoms with Gasteiger partial charge in [0.25, 0.3) is 0 Å². The number of nitriles is 1. The third-order valence-electron chi connectivity index (χ3n) is 3.05. The average Bonchev–Trinajstić information content (AvgIpc) is 3.19. The monoisotopic (exact) mass is 264 g/mol. The number of hydrogen-bond acceptors (Lipinski definition) is 3. The number of sulfonamides is 1. The van der Waals surface area contributed by atoms with Crippen LogP contribution in [-0.2, 0) is 10.0 Å². The molecular formula is C13H16N2O2S. The average molecular weight is 264 g/mol. The lowest BCUT2D eigenvalue weighted by atomic mass is 10.2. The van der Waals surface area contributed by atoms with E-state index >= 15 is 0 Å². The van der Waals surface area contributed by atoms with Crippen LogP contribution >= 0.6 is 0 Å². The summed E-state index contributed by atoms with van der Waals surface area (Å²) in [5.41, 5.74) is 0.357. The summed E-state index contributed by atoms with van der Waals surface area (Å²) in [6, 6.07) is 8.00. The third-order valence-corrected chi connectivity index (χ3v) is 4.51. The Hall–Kier alpha value is -1.38. The molecule has 0 aromatic heterocycles. The molecule has 1 aliphatic carbocycles. The molecule has 0 radical (unpaired) electrons. The highest BCUT2D eigenvalue weighted by Gasteiger charge is 2.20. The van der Waals surface area contributed by atoms with Gasteiger partial charge in [-0.3, -0.25) is 0 Å². The first-order valence-corrected chi connectivity index (χ1v) is 7.60. The first kappa shape index (κ1) is 13.1. The van der Waals surface area contributed by atoms with Crippen LogP contribution in [0, 0.1) is 17.2 Å². The van der Waals surface area contributed by atoms with E-state index in [4.69, 9.17) is 5.26 Å². The minimum absolute atomic E-state index is 0.160. The van der Waals surface area contributed by atoms with Crippen LogP contribution in [0.1, 0.15) is 31.2 Å². The predicted octanol–water partition coefficient (Wildman–Crippen LogP) is 2.03. The first-order valence-electron chi connectivity index (χ1n) is 6.11. The van der Waals surface area contributed by atoms with E-state index in [1.807, 2.05) is 6.07 Å². The van der Waals surface area contributed by atoms with Crippen LogP contribution in [0.15, 0.2) is 29.2 Å². The van der Waals surface area contributed by atoms with Crippen LogP contribution < -0.4 is 4.72 Å². The maximum atomic E-state index is 11.9. The van der Waals surface area contributed by atoms with E-state index in [9.17, 15) is 8.42 Å². The zero-order valence-corrected chi connectivity index (χ0v) is 10.9. The van der Waals surface area contributed by atoms with E-state index in [1.165, 1.54) is 25.0 Å². The van der Waals surface area contributed by atoms with E-state index in [0.717, 1.165) is 18.8 Å². The van der Waals surface area contributed by atoms with Crippen molar-refractivity contribution in [2.45, 2.75) is 30.6 Å². The molecule has 2 rings (SSSR count). The highest BCUT2D eigenvalue weighted by molar-refractivity contribution is 7.89. The first-order chi connectivity index (χ1) is 8.62. The lowest BCUT2D eigenvalue weighted by Crippen LogP contribution is -2.24. The maximum Gasteiger partial charge on any atom is 0.240 e. The van der Waals surface area contributed by atoms with Gasteiger partial charge in [0.05, 0.1) is 16.5 Å². The van der Waals surface area contributed by atoms with Crippen molar-refractivity contribution in [1.29, 1.82) is 5.26 Å². The lowest BCUT2D eigenvalue weighted by molar-refractivity contribution is 0.572. The zero-order valence-electron chi connectivity index (χ0n) is 10.1. The molecule has 18 heavy (non-hydrogen) atoms. The van der Waals surface area contributed by atoms with Crippen molar-refractivity contribution in [3.05, 3.63) is 29.8 Å². The van der Waals surface area contributed by atoms with Gasteiger partial charge >= 0.3 is 0 Å². The molecule has 0 saturated heterocycles. The highest BCUT2D eigenvalue weighted by atomic mass is 32.2. The molecule has 5 heteroatoms. The van der Waals surface area contributed by atoms with Crippen molar-refractivity contribution in [1.82, 2.24) is 4.72 Å². The van der Waals surface area contributed by atoms with Crippen molar-refractivity contribution < 1.29 is 8.42 Å². The normalized spacial score (nSPS) is 15.3. The van der Waals surface area contributed by atoms with Gasteiger partial charge in [-0.15, -0.1) is 0 Å². The summed E-state index contributed by atoms with van der Waals surface area (Å²) in [6.45, 7) is 0.468. The largest absolute Gasteiger partial charge is 0.240 e. The van der Waals surface area contributed by atoms with Gasteiger partial charge in [-0.05, 0) is 37.0 Å². The van der Waals surface area contributed by atoms with Crippen LogP contribution in [0.3, 0.4) is 0 Å². The molecule has 0 unspecified atom stereocenters. The Morgan fingerprint density at radius 2 is 2.17 bits per heavy atom. The van der Waals surface area contributed by atoms with E-state index in [2.05, 4.69) is 4.72 Å². The van der Waals surface area contributed by atoms with Crippen molar-refractivity contribution in [3.8, 4) is 6.07 Å². The Morgan fingerprint density at radius 1 is 1.39 bits per heavy atom. The lowest BCUT2D eigenvalue weighted by Gasteiger charge is -2.06. The van der Waals surface area contributed by atoms with Gasteiger partial charge in [-0.1, -0.05) is 18.9 Å². The predicted molar refractivity (Wildman–Crippen MR) is 68.3 cm³/mol. The second-order valence-corrected chi connectivity index (χ2v) is 6.39. The van der Waals surface area contributed by atoms with E-state index < -0.39 is 10.0 Å². The Balaban J connectivity index is 1.93. The second-order valence-electron chi connectivity index (χ2n) is 4.62. The van der Waals surface area contributed by atoms with Crippen molar-refractivity contribution in [2.75, 3.05) is 6.54 Å². The minimum Gasteiger partial charge on any atom is -0.211 e. The van der Waals surface area contributed by atoms with E-state index in [1.54, 1.807) is 12.1 Å². The molecule has 1 aliphatic rings. The fourth-order valence-corrected chi connectivity index (χ4v) is 2.94. The van der Waals surface area contributed by atoms with Gasteiger partial charge in [-0.25, -0.2) is 13.1 Å². The second kappa shape index (κ2) is 5.51. The summed E-state index contributed by atoms with van der Waals surface area (Å²) in [5, 5.41) is 8.74. The van der Waals surface area contributed by atoms with Gasteiger partial charge in [-0.2, -0.15) is 5.26 Å². The number of rotatable bonds is 6. The number of benzene rings is 1. The van der Waals surface area contributed by atoms with Crippen molar-refractivity contribution in [3.63, 3.8) is 0 Å². The summed E-state index contributed by atoms with van der Waals surface area (Å²) in [7, 11) is -3.47. The molecule has 1 aromatic carbocycles. The molecule has 0 bridgehead atoms. The topological polar surface area (TPSA) is 70.0 Å². The Bertz CT molecular complexity index is 557. The minimum atomic E-state index is -3.47. The Kier molecular flexibility index (Phi) is 4.00. The van der Waals surface area contributed by atoms with E-state index in [-0.39, 0.29) is 4.90 Å². The van der Waals surface area contributed by atoms with Gasteiger partial charge in [0.15, 0.2) is 0 Å². The molecule has 0 heterocycles. The van der Waals surface area contributed by atoms with Crippen LogP contribution in [0.2, 0.25) is 0 Å². The van der Waals surface area contributed by atoms with Gasteiger partial charge < -0.3 is 0 Å². The summed E-state index contributed by atoms with van der Waals surface area (Å²) >= 11 is 0. The fraction of sp³-hybridized carbons (Fsp3) is 0.462. The molecule has 96 valence electrons. The van der Waals surface area contributed by atoms with Crippen LogP contribution in [-0.4, -0.2) is 15.0 Å². The molecule has 0 aliphatic heterocycles. The highest BCUT2D eigenvalue weighted by Crippen LogP contribution is 2.33. The van der Waals surface area contributed by atoms with Crippen LogP contribution in [0.4, 0.5) is 0 Å². The van der Waals surface area contributed by atoms with E-state index in [0.29, 0.717) is 12.1 Å². The van der Waals surface area contributed by atoms with Gasteiger partial charge in [0.2, 0.25) is 10.0 Å². The Morgan fingerprint density at radius 3 is 2.83 bits per heavy atom. The van der Waals surface area contributed by atoms with Crippen LogP contribution in [0.5, 0.6) is 0 Å². The maximum absolute atomic E-state index is 11.9. The van der Waals surface area contributed by atoms with Crippen molar-refractivity contribution >= 4 is 10.0 Å². The van der Waals surface area contributed by atoms with Crippen molar-refractivity contribution in [2.24, 2.45) is 5.92 Å². The summed E-state index contributed by atoms with van der Waals surface area (Å²) in [6.07, 6.45) is 4.55. The molecule has 1 N–H and O–H groups in total. The van der Waals surface area contributed by atoms with Gasteiger partial charge in [0, 0.05) is 6.54 Å². The quantitative estimate of drug-likeness (QED) is 0.799. The molecule has 1 aromatic rings. The molecule has 1 saturated carbocycles. The number of nitrogens with zero attached hydrogens (tertiary/aromatic N) is 1. The summed E-state index contributed by atoms with van der Waals surface area (Å²) in [4.78, 5) is 0.160. The van der Waals surface area contributed by atoms with Gasteiger partial charge in [0.1, 0.15) is 0 Å². The SMILES string of the molecule is N#Cc1cccc(S(=O)(=O)NCCCC2CC2)c1. The third kappa shape index (κ3) is 3.56. The molecular weight excluding hydrogens is 248 g/mol. The molecule has 1 fully saturated rings. The standard InChI is InChI=1S/C13H16N2O2S/c14-10-12-3-1-5-13(9-12)18(16,17)15-8-2-4-11-6-7-11/h1,3,5,9,11,15H,2,4,6-8H2. The smallest absolute Gasteiger partial charge is 0.211 e. The summed E-state index contributed by atoms with van der Waals surface area (Å²) < 4.78 is 26.5. The molecule has 0 spiro atoms. The number of nitrogens with one attached hydrogen (secondary N) is 1. The molecule has 4 nitrogen and oxygen atoms in total. The molecule has 0 atom stereocenters. The van der Waals surface area contributed by atoms with Crippen LogP contribution in [0.25, 0.3) is 0 Å². The summed E-state index contributed by atoms with van der Waals surface area (Å²) in [5.74, 6) is 0.816. The fourth-order valence-electron chi connectivity index (χ4n) is 1.82. The zero-order chi connectivity index (χ0) is 13.0. The molecule has 0 amide bonds. The number of hydrogen-bond donors (Lipinski definition) is 1. The Labute approximate surface area is 108 Å².